The molecule has 0 atom stereocenters. The zero-order valence-corrected chi connectivity index (χ0v) is 19.0. The first-order valence-corrected chi connectivity index (χ1v) is 10.3. The molecule has 0 fully saturated rings. The summed E-state index contributed by atoms with van der Waals surface area (Å²) >= 11 is 0. The molecular weight excluding hydrogens is 408 g/mol. The van der Waals surface area contributed by atoms with Gasteiger partial charge in [0.2, 0.25) is 5.91 Å². The number of esters is 1. The van der Waals surface area contributed by atoms with Crippen LogP contribution >= 0.6 is 0 Å². The van der Waals surface area contributed by atoms with E-state index >= 15 is 0 Å². The average Bonchev–Trinajstić information content (AvgIpc) is 3.03. The van der Waals surface area contributed by atoms with Gasteiger partial charge in [0.15, 0.2) is 0 Å². The van der Waals surface area contributed by atoms with Gasteiger partial charge in [-0.2, -0.15) is 0 Å². The van der Waals surface area contributed by atoms with Crippen LogP contribution in [-0.4, -0.2) is 37.3 Å². The van der Waals surface area contributed by atoms with Crippen LogP contribution in [0.4, 0.5) is 5.69 Å². The van der Waals surface area contributed by atoms with E-state index in [4.69, 9.17) is 14.2 Å². The van der Waals surface area contributed by atoms with Crippen molar-refractivity contribution in [3.8, 4) is 22.8 Å². The molecule has 1 heterocycles. The van der Waals surface area contributed by atoms with Crippen LogP contribution in [0.3, 0.4) is 0 Å². The SMILES string of the molecule is CCOC(=O)c1c(C)c(-c2ccccc2)n(CC(=O)Nc2cc(OC)cc(OC)c2)c1C. The summed E-state index contributed by atoms with van der Waals surface area (Å²) in [5.41, 5.74) is 4.23. The Bertz CT molecular complexity index is 1100. The van der Waals surface area contributed by atoms with Crippen molar-refractivity contribution in [3.63, 3.8) is 0 Å². The molecule has 1 amide bonds. The second-order valence-corrected chi connectivity index (χ2v) is 7.26. The fourth-order valence-electron chi connectivity index (χ4n) is 3.79. The highest BCUT2D eigenvalue weighted by Gasteiger charge is 2.25. The van der Waals surface area contributed by atoms with Crippen LogP contribution in [-0.2, 0) is 16.1 Å². The molecule has 168 valence electrons. The quantitative estimate of drug-likeness (QED) is 0.522. The van der Waals surface area contributed by atoms with Crippen LogP contribution in [0.2, 0.25) is 0 Å². The topological polar surface area (TPSA) is 78.8 Å². The third kappa shape index (κ3) is 4.77. The van der Waals surface area contributed by atoms with Gasteiger partial charge in [0.25, 0.3) is 0 Å². The number of anilines is 1. The monoisotopic (exact) mass is 436 g/mol. The Kier molecular flexibility index (Phi) is 7.20. The molecule has 3 aromatic rings. The molecule has 7 nitrogen and oxygen atoms in total. The minimum Gasteiger partial charge on any atom is -0.497 e. The van der Waals surface area contributed by atoms with Gasteiger partial charge < -0.3 is 24.1 Å². The minimum atomic E-state index is -0.392. The third-order valence-electron chi connectivity index (χ3n) is 5.23. The molecule has 2 aromatic carbocycles. The Morgan fingerprint density at radius 1 is 0.969 bits per heavy atom. The van der Waals surface area contributed by atoms with E-state index in [0.29, 0.717) is 28.4 Å². The van der Waals surface area contributed by atoms with E-state index in [0.717, 1.165) is 16.8 Å². The minimum absolute atomic E-state index is 0.0236. The number of ether oxygens (including phenoxy) is 3. The molecule has 0 saturated carbocycles. The van der Waals surface area contributed by atoms with Crippen molar-refractivity contribution in [2.75, 3.05) is 26.1 Å². The number of aromatic nitrogens is 1. The zero-order valence-electron chi connectivity index (χ0n) is 19.0. The normalized spacial score (nSPS) is 10.5. The molecular formula is C25H28N2O5. The number of hydrogen-bond donors (Lipinski definition) is 1. The van der Waals surface area contributed by atoms with Gasteiger partial charge in [0, 0.05) is 29.6 Å². The van der Waals surface area contributed by atoms with Gasteiger partial charge in [0.05, 0.1) is 32.1 Å². The predicted molar refractivity (Wildman–Crippen MR) is 123 cm³/mol. The van der Waals surface area contributed by atoms with Crippen LogP contribution in [0.5, 0.6) is 11.5 Å². The maximum Gasteiger partial charge on any atom is 0.340 e. The van der Waals surface area contributed by atoms with Crippen molar-refractivity contribution >= 4 is 17.6 Å². The van der Waals surface area contributed by atoms with Gasteiger partial charge >= 0.3 is 5.97 Å². The summed E-state index contributed by atoms with van der Waals surface area (Å²) in [6.07, 6.45) is 0. The molecule has 7 heteroatoms. The molecule has 32 heavy (non-hydrogen) atoms. The second-order valence-electron chi connectivity index (χ2n) is 7.26. The lowest BCUT2D eigenvalue weighted by Gasteiger charge is -2.14. The summed E-state index contributed by atoms with van der Waals surface area (Å²) in [7, 11) is 3.10. The Hall–Kier alpha value is -3.74. The van der Waals surface area contributed by atoms with Gasteiger partial charge in [-0.05, 0) is 31.9 Å². The smallest absolute Gasteiger partial charge is 0.340 e. The first-order valence-electron chi connectivity index (χ1n) is 10.3. The Morgan fingerprint density at radius 3 is 2.16 bits per heavy atom. The van der Waals surface area contributed by atoms with E-state index in [1.807, 2.05) is 48.7 Å². The Morgan fingerprint density at radius 2 is 1.59 bits per heavy atom. The first kappa shape index (κ1) is 22.9. The maximum atomic E-state index is 13.0. The number of benzene rings is 2. The summed E-state index contributed by atoms with van der Waals surface area (Å²) in [6, 6.07) is 14.9. The molecule has 3 rings (SSSR count). The Labute approximate surface area is 187 Å². The summed E-state index contributed by atoms with van der Waals surface area (Å²) in [5.74, 6) is 0.506. The highest BCUT2D eigenvalue weighted by Crippen LogP contribution is 2.32. The van der Waals surface area contributed by atoms with E-state index in [1.165, 1.54) is 0 Å². The van der Waals surface area contributed by atoms with E-state index in [-0.39, 0.29) is 19.1 Å². The number of amides is 1. The van der Waals surface area contributed by atoms with Gasteiger partial charge in [-0.15, -0.1) is 0 Å². The number of methoxy groups -OCH3 is 2. The Balaban J connectivity index is 1.99. The van der Waals surface area contributed by atoms with E-state index in [2.05, 4.69) is 5.32 Å². The number of hydrogen-bond acceptors (Lipinski definition) is 5. The van der Waals surface area contributed by atoms with Crippen LogP contribution in [0, 0.1) is 13.8 Å². The number of carbonyl (C=O) groups excluding carboxylic acids is 2. The second kappa shape index (κ2) is 10.0. The van der Waals surface area contributed by atoms with Crippen molar-refractivity contribution in [2.45, 2.75) is 27.3 Å². The number of nitrogens with zero attached hydrogens (tertiary/aromatic N) is 1. The lowest BCUT2D eigenvalue weighted by molar-refractivity contribution is -0.116. The van der Waals surface area contributed by atoms with E-state index < -0.39 is 5.97 Å². The van der Waals surface area contributed by atoms with Crippen molar-refractivity contribution < 1.29 is 23.8 Å². The van der Waals surface area contributed by atoms with Crippen molar-refractivity contribution in [3.05, 3.63) is 65.4 Å². The zero-order chi connectivity index (χ0) is 23.3. The summed E-state index contributed by atoms with van der Waals surface area (Å²) < 4.78 is 17.7. The van der Waals surface area contributed by atoms with Crippen molar-refractivity contribution in [1.82, 2.24) is 4.57 Å². The molecule has 0 saturated heterocycles. The molecule has 0 aliphatic heterocycles. The van der Waals surface area contributed by atoms with Crippen molar-refractivity contribution in [1.29, 1.82) is 0 Å². The van der Waals surface area contributed by atoms with E-state index in [9.17, 15) is 9.59 Å². The lowest BCUT2D eigenvalue weighted by atomic mass is 10.1. The molecule has 0 unspecified atom stereocenters. The number of carbonyl (C=O) groups is 2. The number of nitrogens with one attached hydrogen (secondary N) is 1. The standard InChI is InChI=1S/C25H28N2O5/c1-6-32-25(29)23-16(2)24(18-10-8-7-9-11-18)27(17(23)3)15-22(28)26-19-12-20(30-4)14-21(13-19)31-5/h7-14H,6,15H2,1-5H3,(H,26,28). The highest BCUT2D eigenvalue weighted by molar-refractivity contribution is 5.96. The summed E-state index contributed by atoms with van der Waals surface area (Å²) in [6.45, 7) is 5.78. The predicted octanol–water partition coefficient (Wildman–Crippen LogP) is 4.60. The van der Waals surface area contributed by atoms with Crippen molar-refractivity contribution in [2.24, 2.45) is 0 Å². The lowest BCUT2D eigenvalue weighted by Crippen LogP contribution is -2.20. The van der Waals surface area contributed by atoms with Gasteiger partial charge in [-0.1, -0.05) is 30.3 Å². The molecule has 0 aliphatic carbocycles. The molecule has 1 N–H and O–H groups in total. The maximum absolute atomic E-state index is 13.0. The average molecular weight is 437 g/mol. The third-order valence-corrected chi connectivity index (χ3v) is 5.23. The molecule has 1 aromatic heterocycles. The first-order chi connectivity index (χ1) is 15.4. The van der Waals surface area contributed by atoms with Crippen LogP contribution in [0.1, 0.15) is 28.5 Å². The van der Waals surface area contributed by atoms with Crippen LogP contribution in [0.15, 0.2) is 48.5 Å². The molecule has 0 aliphatic rings. The molecule has 0 spiro atoms. The fraction of sp³-hybridized carbons (Fsp3) is 0.280. The summed E-state index contributed by atoms with van der Waals surface area (Å²) in [5, 5.41) is 2.89. The highest BCUT2D eigenvalue weighted by atomic mass is 16.5. The molecule has 0 bridgehead atoms. The van der Waals surface area contributed by atoms with Crippen LogP contribution in [0.25, 0.3) is 11.3 Å². The fourth-order valence-corrected chi connectivity index (χ4v) is 3.79. The number of rotatable bonds is 8. The summed E-state index contributed by atoms with van der Waals surface area (Å²) in [4.78, 5) is 25.6. The van der Waals surface area contributed by atoms with Crippen LogP contribution < -0.4 is 14.8 Å². The van der Waals surface area contributed by atoms with Gasteiger partial charge in [0.1, 0.15) is 18.0 Å². The van der Waals surface area contributed by atoms with Gasteiger partial charge in [-0.3, -0.25) is 4.79 Å². The molecule has 0 radical (unpaired) electrons. The van der Waals surface area contributed by atoms with E-state index in [1.54, 1.807) is 39.3 Å². The van der Waals surface area contributed by atoms with Gasteiger partial charge in [-0.25, -0.2) is 4.79 Å². The largest absolute Gasteiger partial charge is 0.497 e.